The van der Waals surface area contributed by atoms with Crippen LogP contribution in [0.4, 0.5) is 24.9 Å². The molecule has 0 amide bonds. The number of halogens is 3. The van der Waals surface area contributed by atoms with Crippen molar-refractivity contribution in [2.75, 3.05) is 36.5 Å². The second-order valence-electron chi connectivity index (χ2n) is 10.2. The van der Waals surface area contributed by atoms with Gasteiger partial charge in [0, 0.05) is 36.2 Å². The molecule has 4 N–H and O–H groups in total. The maximum absolute atomic E-state index is 14.5. The number of alkyl halides is 3. The summed E-state index contributed by atoms with van der Waals surface area (Å²) in [7, 11) is 0. The Labute approximate surface area is 234 Å². The van der Waals surface area contributed by atoms with Gasteiger partial charge < -0.3 is 25.8 Å². The van der Waals surface area contributed by atoms with E-state index in [0.717, 1.165) is 17.7 Å². The van der Waals surface area contributed by atoms with E-state index >= 15 is 0 Å². The van der Waals surface area contributed by atoms with E-state index in [1.54, 1.807) is 42.5 Å². The second kappa shape index (κ2) is 11.2. The van der Waals surface area contributed by atoms with E-state index in [4.69, 9.17) is 10.5 Å². The number of ether oxygens (including phenoxy) is 1. The molecule has 1 spiro atoms. The lowest BCUT2D eigenvalue weighted by Gasteiger charge is -2.39. The quantitative estimate of drug-likeness (QED) is 0.330. The molecule has 8 nitrogen and oxygen atoms in total. The average Bonchev–Trinajstić information content (AvgIpc) is 3.35. The summed E-state index contributed by atoms with van der Waals surface area (Å²) in [6, 6.07) is 14.5. The van der Waals surface area contributed by atoms with Crippen molar-refractivity contribution in [3.8, 4) is 17.0 Å². The van der Waals surface area contributed by atoms with E-state index in [1.807, 2.05) is 11.2 Å². The van der Waals surface area contributed by atoms with Crippen molar-refractivity contribution >= 4 is 29.5 Å². The number of aromatic nitrogens is 2. The zero-order valence-electron chi connectivity index (χ0n) is 21.8. The third-order valence-corrected chi connectivity index (χ3v) is 8.40. The highest BCUT2D eigenvalue weighted by Gasteiger charge is 2.46. The maximum atomic E-state index is 14.5. The van der Waals surface area contributed by atoms with Gasteiger partial charge in [-0.15, -0.1) is 11.8 Å². The van der Waals surface area contributed by atoms with Gasteiger partial charge in [-0.05, 0) is 54.2 Å². The minimum atomic E-state index is -4.74. The van der Waals surface area contributed by atoms with Crippen molar-refractivity contribution in [3.63, 3.8) is 0 Å². The largest absolute Gasteiger partial charge is 0.480 e. The standard InChI is InChI=1S/C28H30F3N5O3S/c1-40-18-7-8-19(20(13-18)17-5-3-2-4-6-17)24(28(29,30)31)39-23-14-22(34-26(32)35-23)36-11-9-27(10-12-36)15-21(25(37)38)33-16-27/h2-8,13-14,21,24,33H,9-12,15-16H2,1H3,(H,37,38)(H2,32,34,35)/t21-,24+/m0/s1. The van der Waals surface area contributed by atoms with E-state index in [0.29, 0.717) is 43.0 Å². The lowest BCUT2D eigenvalue weighted by molar-refractivity contribution is -0.198. The summed E-state index contributed by atoms with van der Waals surface area (Å²) in [6.07, 6.45) is -3.18. The number of piperidine rings is 1. The monoisotopic (exact) mass is 573 g/mol. The molecule has 0 saturated carbocycles. The van der Waals surface area contributed by atoms with Crippen LogP contribution >= 0.6 is 11.8 Å². The minimum absolute atomic E-state index is 0.0307. The van der Waals surface area contributed by atoms with Gasteiger partial charge in [0.25, 0.3) is 0 Å². The molecule has 40 heavy (non-hydrogen) atoms. The lowest BCUT2D eigenvalue weighted by atomic mass is 9.76. The number of rotatable bonds is 7. The van der Waals surface area contributed by atoms with Crippen LogP contribution in [-0.4, -0.2) is 59.2 Å². The van der Waals surface area contributed by atoms with Crippen molar-refractivity contribution in [1.82, 2.24) is 15.3 Å². The molecule has 0 radical (unpaired) electrons. The summed E-state index contributed by atoms with van der Waals surface area (Å²) >= 11 is 1.44. The van der Waals surface area contributed by atoms with Crippen LogP contribution < -0.4 is 20.7 Å². The maximum Gasteiger partial charge on any atom is 0.429 e. The number of anilines is 2. The van der Waals surface area contributed by atoms with Crippen LogP contribution in [0.5, 0.6) is 5.88 Å². The lowest BCUT2D eigenvalue weighted by Crippen LogP contribution is -2.41. The van der Waals surface area contributed by atoms with Crippen molar-refractivity contribution < 1.29 is 27.8 Å². The number of benzene rings is 2. The first-order valence-corrected chi connectivity index (χ1v) is 14.1. The fourth-order valence-electron chi connectivity index (χ4n) is 5.52. The number of hydrogen-bond acceptors (Lipinski definition) is 8. The van der Waals surface area contributed by atoms with Crippen LogP contribution in [0.25, 0.3) is 11.1 Å². The molecule has 2 fully saturated rings. The van der Waals surface area contributed by atoms with Gasteiger partial charge in [-0.1, -0.05) is 36.4 Å². The van der Waals surface area contributed by atoms with Crippen molar-refractivity contribution in [1.29, 1.82) is 0 Å². The predicted molar refractivity (Wildman–Crippen MR) is 147 cm³/mol. The Morgan fingerprint density at radius 3 is 2.52 bits per heavy atom. The SMILES string of the molecule is CSc1ccc([C@@H](Oc2cc(N3CCC4(CC3)CN[C@H](C(=O)O)C4)nc(N)n2)C(F)(F)F)c(-c2ccccc2)c1. The van der Waals surface area contributed by atoms with Gasteiger partial charge in [0.05, 0.1) is 0 Å². The summed E-state index contributed by atoms with van der Waals surface area (Å²) in [5.41, 5.74) is 6.83. The van der Waals surface area contributed by atoms with Crippen molar-refractivity contribution in [3.05, 3.63) is 60.2 Å². The molecule has 2 aromatic carbocycles. The van der Waals surface area contributed by atoms with Gasteiger partial charge in [-0.2, -0.15) is 23.1 Å². The van der Waals surface area contributed by atoms with Crippen LogP contribution in [0.15, 0.2) is 59.5 Å². The normalized spacial score (nSPS) is 19.5. The van der Waals surface area contributed by atoms with Crippen LogP contribution in [-0.2, 0) is 4.79 Å². The first kappa shape index (κ1) is 28.0. The van der Waals surface area contributed by atoms with E-state index in [-0.39, 0.29) is 22.8 Å². The molecule has 5 rings (SSSR count). The molecule has 2 atom stereocenters. The first-order chi connectivity index (χ1) is 19.1. The Bertz CT molecular complexity index is 1370. The summed E-state index contributed by atoms with van der Waals surface area (Å²) in [5, 5.41) is 12.4. The fourth-order valence-corrected chi connectivity index (χ4v) is 5.96. The Morgan fingerprint density at radius 1 is 1.18 bits per heavy atom. The van der Waals surface area contributed by atoms with Gasteiger partial charge in [0.15, 0.2) is 0 Å². The summed E-state index contributed by atoms with van der Waals surface area (Å²) in [4.78, 5) is 22.4. The number of hydrogen-bond donors (Lipinski definition) is 3. The van der Waals surface area contributed by atoms with Crippen LogP contribution in [0.1, 0.15) is 30.9 Å². The van der Waals surface area contributed by atoms with Gasteiger partial charge in [-0.3, -0.25) is 4.79 Å². The average molecular weight is 574 g/mol. The number of nitrogens with zero attached hydrogens (tertiary/aromatic N) is 3. The van der Waals surface area contributed by atoms with Crippen LogP contribution in [0.3, 0.4) is 0 Å². The van der Waals surface area contributed by atoms with Gasteiger partial charge >= 0.3 is 12.1 Å². The van der Waals surface area contributed by atoms with E-state index in [1.165, 1.54) is 23.9 Å². The zero-order valence-corrected chi connectivity index (χ0v) is 22.6. The van der Waals surface area contributed by atoms with Crippen LogP contribution in [0, 0.1) is 5.41 Å². The number of nitrogen functional groups attached to an aromatic ring is 1. The van der Waals surface area contributed by atoms with Crippen LogP contribution in [0.2, 0.25) is 0 Å². The Morgan fingerprint density at radius 2 is 1.90 bits per heavy atom. The minimum Gasteiger partial charge on any atom is -0.480 e. The molecule has 3 aromatic rings. The molecule has 2 aliphatic heterocycles. The Hall–Kier alpha value is -3.51. The van der Waals surface area contributed by atoms with E-state index < -0.39 is 24.3 Å². The fraction of sp³-hybridized carbons (Fsp3) is 0.393. The molecule has 3 heterocycles. The molecule has 2 saturated heterocycles. The molecule has 12 heteroatoms. The molecular weight excluding hydrogens is 543 g/mol. The molecule has 0 unspecified atom stereocenters. The van der Waals surface area contributed by atoms with Gasteiger partial charge in [-0.25, -0.2) is 0 Å². The predicted octanol–water partition coefficient (Wildman–Crippen LogP) is 5.16. The third kappa shape index (κ3) is 5.97. The van der Waals surface area contributed by atoms with Gasteiger partial charge in [0.1, 0.15) is 11.9 Å². The first-order valence-electron chi connectivity index (χ1n) is 12.9. The number of aliphatic carboxylic acids is 1. The summed E-state index contributed by atoms with van der Waals surface area (Å²) < 4.78 is 49.1. The number of carboxylic acids is 1. The number of carbonyl (C=O) groups is 1. The highest BCUT2D eigenvalue weighted by molar-refractivity contribution is 7.98. The summed E-state index contributed by atoms with van der Waals surface area (Å²) in [5.74, 6) is -0.947. The molecule has 0 bridgehead atoms. The van der Waals surface area contributed by atoms with E-state index in [2.05, 4.69) is 15.3 Å². The zero-order chi connectivity index (χ0) is 28.5. The number of carboxylic acid groups (broad SMARTS) is 1. The van der Waals surface area contributed by atoms with Crippen molar-refractivity contribution in [2.45, 2.75) is 42.5 Å². The molecule has 1 aromatic heterocycles. The molecular formula is C28H30F3N5O3S. The van der Waals surface area contributed by atoms with Crippen molar-refractivity contribution in [2.24, 2.45) is 5.41 Å². The second-order valence-corrected chi connectivity index (χ2v) is 11.1. The van der Waals surface area contributed by atoms with E-state index in [9.17, 15) is 23.1 Å². The molecule has 2 aliphatic rings. The number of nitrogens with two attached hydrogens (primary N) is 1. The topological polar surface area (TPSA) is 114 Å². The highest BCUT2D eigenvalue weighted by Crippen LogP contribution is 2.43. The number of thioether (sulfide) groups is 1. The summed E-state index contributed by atoms with van der Waals surface area (Å²) in [6.45, 7) is 1.73. The molecule has 0 aliphatic carbocycles. The number of nitrogens with one attached hydrogen (secondary N) is 1. The third-order valence-electron chi connectivity index (χ3n) is 7.68. The van der Waals surface area contributed by atoms with Gasteiger partial charge in [0.2, 0.25) is 17.9 Å². The molecule has 212 valence electrons. The Balaban J connectivity index is 1.41. The smallest absolute Gasteiger partial charge is 0.429 e. The highest BCUT2D eigenvalue weighted by atomic mass is 32.2. The Kier molecular flexibility index (Phi) is 7.83.